The van der Waals surface area contributed by atoms with Crippen LogP contribution in [-0.2, 0) is 0 Å². The third-order valence-corrected chi connectivity index (χ3v) is 5.44. The van der Waals surface area contributed by atoms with E-state index in [1.54, 1.807) is 0 Å². The van der Waals surface area contributed by atoms with Gasteiger partial charge in [0, 0.05) is 0 Å². The molecule has 0 heterocycles. The maximum Gasteiger partial charge on any atom is -0.0328 e. The van der Waals surface area contributed by atoms with Gasteiger partial charge < -0.3 is 0 Å². The highest BCUT2D eigenvalue weighted by molar-refractivity contribution is 4.78. The summed E-state index contributed by atoms with van der Waals surface area (Å²) in [5.41, 5.74) is 1.29. The van der Waals surface area contributed by atoms with E-state index in [2.05, 4.69) is 102 Å². The number of rotatable bonds is 6. The number of unbranched alkanes of at least 4 members (excludes halogenated alkanes) is 3. The standard InChI is InChI=1S/C8H16.C7H16.C6H14.C5H12.C2H6.2C2H4/c1-3-8(2)6-4-5-7-8;1-5-6-7(2,3)4;1-3-5-6-4-2;1-4-5(2)3;3*1-2/h3-7H2,1-2H3;5-6H2,1-4H3;3-6H2,1-2H3;5H,4H2,1-3H3;1-2H3;2*1-2H2. The molecule has 32 heavy (non-hydrogen) atoms. The molecule has 200 valence electrons. The van der Waals surface area contributed by atoms with Gasteiger partial charge in [-0.15, -0.1) is 26.3 Å². The Morgan fingerprint density at radius 3 is 1.12 bits per heavy atom. The van der Waals surface area contributed by atoms with E-state index in [-0.39, 0.29) is 0 Å². The van der Waals surface area contributed by atoms with E-state index in [0.717, 1.165) is 11.3 Å². The van der Waals surface area contributed by atoms with Gasteiger partial charge in [-0.3, -0.25) is 0 Å². The molecule has 1 fully saturated rings. The van der Waals surface area contributed by atoms with Gasteiger partial charge in [0.05, 0.1) is 0 Å². The molecular formula is C32H72. The van der Waals surface area contributed by atoms with Crippen LogP contribution in [0.3, 0.4) is 0 Å². The van der Waals surface area contributed by atoms with Crippen LogP contribution in [0.5, 0.6) is 0 Å². The third kappa shape index (κ3) is 57.0. The van der Waals surface area contributed by atoms with Gasteiger partial charge in [0.15, 0.2) is 0 Å². The molecule has 0 saturated heterocycles. The summed E-state index contributed by atoms with van der Waals surface area (Å²) in [5, 5.41) is 0. The quantitative estimate of drug-likeness (QED) is 0.275. The molecule has 0 heteroatoms. The van der Waals surface area contributed by atoms with Crippen LogP contribution in [0.4, 0.5) is 0 Å². The van der Waals surface area contributed by atoms with E-state index in [1.165, 1.54) is 77.0 Å². The van der Waals surface area contributed by atoms with Crippen LogP contribution in [0.1, 0.15) is 167 Å². The topological polar surface area (TPSA) is 0 Å². The van der Waals surface area contributed by atoms with Gasteiger partial charge in [-0.05, 0) is 36.0 Å². The molecule has 0 amide bonds. The second kappa shape index (κ2) is 37.8. The fourth-order valence-corrected chi connectivity index (χ4v) is 2.83. The number of hydrogen-bond donors (Lipinski definition) is 0. The lowest BCUT2D eigenvalue weighted by atomic mass is 9.86. The zero-order chi connectivity index (χ0) is 27.1. The molecule has 1 rings (SSSR count). The maximum atomic E-state index is 3.00. The van der Waals surface area contributed by atoms with E-state index in [9.17, 15) is 0 Å². The van der Waals surface area contributed by atoms with Gasteiger partial charge in [0.1, 0.15) is 0 Å². The average Bonchev–Trinajstić information content (AvgIpc) is 3.24. The van der Waals surface area contributed by atoms with Gasteiger partial charge in [0.25, 0.3) is 0 Å². The van der Waals surface area contributed by atoms with Crippen LogP contribution >= 0.6 is 0 Å². The third-order valence-electron chi connectivity index (χ3n) is 5.44. The van der Waals surface area contributed by atoms with Crippen LogP contribution < -0.4 is 0 Å². The van der Waals surface area contributed by atoms with Crippen LogP contribution in [0.15, 0.2) is 26.3 Å². The van der Waals surface area contributed by atoms with Gasteiger partial charge in [-0.25, -0.2) is 0 Å². The first-order valence-corrected chi connectivity index (χ1v) is 14.0. The van der Waals surface area contributed by atoms with E-state index in [4.69, 9.17) is 0 Å². The molecule has 0 radical (unpaired) electrons. The van der Waals surface area contributed by atoms with E-state index in [1.807, 2.05) is 13.8 Å². The molecule has 1 aliphatic carbocycles. The fraction of sp³-hybridized carbons (Fsp3) is 0.875. The summed E-state index contributed by atoms with van der Waals surface area (Å²) >= 11 is 0. The smallest absolute Gasteiger partial charge is 0.0328 e. The molecule has 0 atom stereocenters. The Hall–Kier alpha value is -0.520. The van der Waals surface area contributed by atoms with Crippen molar-refractivity contribution in [3.63, 3.8) is 0 Å². The summed E-state index contributed by atoms with van der Waals surface area (Å²) in [6.07, 6.45) is 16.8. The minimum absolute atomic E-state index is 0.550. The molecule has 0 bridgehead atoms. The van der Waals surface area contributed by atoms with Crippen molar-refractivity contribution in [1.82, 2.24) is 0 Å². The molecule has 0 unspecified atom stereocenters. The molecule has 0 N–H and O–H groups in total. The Labute approximate surface area is 210 Å². The van der Waals surface area contributed by atoms with Crippen LogP contribution in [-0.4, -0.2) is 0 Å². The van der Waals surface area contributed by atoms with Crippen molar-refractivity contribution in [2.45, 2.75) is 167 Å². The minimum Gasteiger partial charge on any atom is -0.106 e. The van der Waals surface area contributed by atoms with Gasteiger partial charge in [0.2, 0.25) is 0 Å². The molecule has 0 aromatic heterocycles. The Morgan fingerprint density at radius 1 is 0.719 bits per heavy atom. The SMILES string of the molecule is C=C.C=C.CC.CCC(C)C.CCC1(C)CCCC1.CCCC(C)(C)C.CCCCCC. The van der Waals surface area contributed by atoms with Crippen LogP contribution in [0, 0.1) is 16.7 Å². The van der Waals surface area contributed by atoms with Crippen molar-refractivity contribution in [1.29, 1.82) is 0 Å². The van der Waals surface area contributed by atoms with Crippen molar-refractivity contribution in [3.05, 3.63) is 26.3 Å². The highest BCUT2D eigenvalue weighted by Crippen LogP contribution is 2.39. The predicted octanol–water partition coefficient (Wildman–Crippen LogP) is 13.1. The number of hydrogen-bond acceptors (Lipinski definition) is 0. The molecular weight excluding hydrogens is 384 g/mol. The minimum atomic E-state index is 0.550. The first-order chi connectivity index (χ1) is 15.0. The van der Waals surface area contributed by atoms with E-state index in [0.29, 0.717) is 5.41 Å². The molecule has 1 saturated carbocycles. The second-order valence-corrected chi connectivity index (χ2v) is 10.2. The summed E-state index contributed by atoms with van der Waals surface area (Å²) in [5.74, 6) is 0.884. The van der Waals surface area contributed by atoms with Crippen molar-refractivity contribution in [2.24, 2.45) is 16.7 Å². The van der Waals surface area contributed by atoms with Gasteiger partial charge >= 0.3 is 0 Å². The summed E-state index contributed by atoms with van der Waals surface area (Å²) in [4.78, 5) is 0. The molecule has 0 aliphatic heterocycles. The summed E-state index contributed by atoms with van der Waals surface area (Å²) in [6, 6.07) is 0. The van der Waals surface area contributed by atoms with Crippen molar-refractivity contribution in [3.8, 4) is 0 Å². The van der Waals surface area contributed by atoms with Gasteiger partial charge in [-0.1, -0.05) is 148 Å². The van der Waals surface area contributed by atoms with Crippen molar-refractivity contribution < 1.29 is 0 Å². The van der Waals surface area contributed by atoms with Crippen molar-refractivity contribution in [2.75, 3.05) is 0 Å². The van der Waals surface area contributed by atoms with Gasteiger partial charge in [-0.2, -0.15) is 0 Å². The average molecular weight is 457 g/mol. The first-order valence-electron chi connectivity index (χ1n) is 14.0. The van der Waals surface area contributed by atoms with Crippen LogP contribution in [0.2, 0.25) is 0 Å². The Bertz CT molecular complexity index is 256. The lowest BCUT2D eigenvalue weighted by Crippen LogP contribution is -2.07. The first kappa shape index (κ1) is 45.0. The molecule has 0 aromatic rings. The highest BCUT2D eigenvalue weighted by Gasteiger charge is 2.25. The lowest BCUT2D eigenvalue weighted by molar-refractivity contribution is 0.323. The predicted molar refractivity (Wildman–Crippen MR) is 160 cm³/mol. The summed E-state index contributed by atoms with van der Waals surface area (Å²) < 4.78 is 0. The Balaban J connectivity index is -0.0000000659. The summed E-state index contributed by atoms with van der Waals surface area (Å²) in [6.45, 7) is 40.9. The molecule has 0 spiro atoms. The largest absolute Gasteiger partial charge is 0.106 e. The van der Waals surface area contributed by atoms with Crippen molar-refractivity contribution >= 4 is 0 Å². The maximum absolute atomic E-state index is 3.00. The monoisotopic (exact) mass is 457 g/mol. The lowest BCUT2D eigenvalue weighted by Gasteiger charge is -2.19. The van der Waals surface area contributed by atoms with E-state index < -0.39 is 0 Å². The van der Waals surface area contributed by atoms with Crippen LogP contribution in [0.25, 0.3) is 0 Å². The molecule has 0 nitrogen and oxygen atoms in total. The zero-order valence-electron chi connectivity index (χ0n) is 25.9. The summed E-state index contributed by atoms with van der Waals surface area (Å²) in [7, 11) is 0. The van der Waals surface area contributed by atoms with E-state index >= 15 is 0 Å². The zero-order valence-corrected chi connectivity index (χ0v) is 25.9. The normalized spacial score (nSPS) is 12.8. The molecule has 1 aliphatic rings. The Kier molecular flexibility index (Phi) is 53.2. The highest BCUT2D eigenvalue weighted by atomic mass is 14.3. The Morgan fingerprint density at radius 2 is 1.03 bits per heavy atom. The fourth-order valence-electron chi connectivity index (χ4n) is 2.83. The second-order valence-electron chi connectivity index (χ2n) is 10.2. The molecule has 0 aromatic carbocycles.